The first kappa shape index (κ1) is 29.9. The maximum absolute atomic E-state index is 5.88. The first-order valence-electron chi connectivity index (χ1n) is 19.4. The highest BCUT2D eigenvalue weighted by Crippen LogP contribution is 2.54. The molecular weight excluding hydrogens is 687 g/mol. The van der Waals surface area contributed by atoms with Gasteiger partial charge in [-0.2, -0.15) is 0 Å². The van der Waals surface area contributed by atoms with Crippen LogP contribution in [0.25, 0.3) is 91.5 Å². The molecule has 0 spiro atoms. The molecule has 0 saturated carbocycles. The molecule has 2 unspecified atom stereocenters. The fraction of sp³-hybridized carbons (Fsp3) is 0.0784. The Labute approximate surface area is 320 Å². The summed E-state index contributed by atoms with van der Waals surface area (Å²) in [4.78, 5) is 7.25. The van der Waals surface area contributed by atoms with E-state index in [1.807, 2.05) is 11.3 Å². The molecule has 258 valence electrons. The highest BCUT2D eigenvalue weighted by molar-refractivity contribution is 7.20. The Morgan fingerprint density at radius 3 is 2.02 bits per heavy atom. The molecule has 8 aromatic carbocycles. The zero-order chi connectivity index (χ0) is 35.9. The Kier molecular flexibility index (Phi) is 5.88. The number of hydrogen-bond donors (Lipinski definition) is 0. The molecule has 3 nitrogen and oxygen atoms in total. The number of rotatable bonds is 2. The van der Waals surface area contributed by atoms with Crippen LogP contribution in [0.15, 0.2) is 163 Å². The summed E-state index contributed by atoms with van der Waals surface area (Å²) < 4.78 is 6.42. The van der Waals surface area contributed by atoms with E-state index in [-0.39, 0.29) is 11.8 Å². The largest absolute Gasteiger partial charge is 0.308 e. The molecule has 5 heterocycles. The van der Waals surface area contributed by atoms with Gasteiger partial charge in [0.2, 0.25) is 0 Å². The zero-order valence-corrected chi connectivity index (χ0v) is 30.9. The fourth-order valence-corrected chi connectivity index (χ4v) is 11.7. The molecule has 1 aliphatic heterocycles. The molecule has 55 heavy (non-hydrogen) atoms. The summed E-state index contributed by atoms with van der Waals surface area (Å²) in [5, 5.41) is 14.1. The van der Waals surface area contributed by atoms with Crippen LogP contribution < -0.4 is 0 Å². The van der Waals surface area contributed by atoms with Gasteiger partial charge in [0.15, 0.2) is 0 Å². The van der Waals surface area contributed by atoms with Crippen molar-refractivity contribution in [3.05, 3.63) is 168 Å². The predicted octanol–water partition coefficient (Wildman–Crippen LogP) is 14.2. The predicted molar refractivity (Wildman–Crippen MR) is 235 cm³/mol. The van der Waals surface area contributed by atoms with Crippen molar-refractivity contribution < 1.29 is 0 Å². The number of hydrogen-bond acceptors (Lipinski definition) is 2. The molecule has 2 atom stereocenters. The lowest BCUT2D eigenvalue weighted by Gasteiger charge is -2.33. The molecule has 4 aromatic heterocycles. The van der Waals surface area contributed by atoms with Crippen molar-refractivity contribution in [3.63, 3.8) is 0 Å². The lowest BCUT2D eigenvalue weighted by atomic mass is 9.79. The normalized spacial score (nSPS) is 16.3. The second-order valence-electron chi connectivity index (χ2n) is 15.3. The second kappa shape index (κ2) is 10.8. The van der Waals surface area contributed by atoms with Gasteiger partial charge in [0, 0.05) is 59.1 Å². The molecule has 12 aromatic rings. The van der Waals surface area contributed by atoms with Crippen molar-refractivity contribution in [1.29, 1.82) is 0 Å². The van der Waals surface area contributed by atoms with Crippen LogP contribution in [0.4, 0.5) is 5.69 Å². The van der Waals surface area contributed by atoms with E-state index < -0.39 is 0 Å². The third-order valence-electron chi connectivity index (χ3n) is 12.6. The second-order valence-corrected chi connectivity index (χ2v) is 16.4. The van der Waals surface area contributed by atoms with Crippen molar-refractivity contribution >= 4 is 114 Å². The fourth-order valence-electron chi connectivity index (χ4n) is 10.3. The van der Waals surface area contributed by atoms with Gasteiger partial charge >= 0.3 is 0 Å². The minimum absolute atomic E-state index is 0.142. The number of para-hydroxylation sites is 2. The van der Waals surface area contributed by atoms with E-state index in [1.54, 1.807) is 0 Å². The molecule has 0 bridgehead atoms. The van der Waals surface area contributed by atoms with Gasteiger partial charge in [-0.15, -0.1) is 11.3 Å². The maximum atomic E-state index is 5.88. The van der Waals surface area contributed by atoms with E-state index in [0.717, 1.165) is 17.9 Å². The van der Waals surface area contributed by atoms with Gasteiger partial charge in [0.1, 0.15) is 5.84 Å². The summed E-state index contributed by atoms with van der Waals surface area (Å²) >= 11 is 1.93. The summed E-state index contributed by atoms with van der Waals surface area (Å²) in [6.07, 6.45) is 0.954. The number of thiophene rings is 1. The molecule has 0 radical (unpaired) electrons. The Bertz CT molecular complexity index is 3610. The van der Waals surface area contributed by atoms with Crippen LogP contribution in [0.1, 0.15) is 29.7 Å². The van der Waals surface area contributed by atoms with Gasteiger partial charge in [-0.25, -0.2) is 4.99 Å². The Morgan fingerprint density at radius 1 is 0.527 bits per heavy atom. The highest BCUT2D eigenvalue weighted by atomic mass is 32.1. The van der Waals surface area contributed by atoms with Crippen molar-refractivity contribution in [2.75, 3.05) is 0 Å². The topological polar surface area (TPSA) is 21.7 Å². The molecule has 0 saturated heterocycles. The van der Waals surface area contributed by atoms with E-state index >= 15 is 0 Å². The maximum Gasteiger partial charge on any atom is 0.118 e. The Morgan fingerprint density at radius 2 is 1.18 bits per heavy atom. The van der Waals surface area contributed by atoms with Gasteiger partial charge in [0.25, 0.3) is 0 Å². The SMILES string of the molecule is CCC1C(n2c3ccccc3c3cc4c5ccccc5n5c6ccc7ccccc7c6c(c32)c45)=Nc2c(sc3ccccc23)C1c1ccc2ccccc2c1. The summed E-state index contributed by atoms with van der Waals surface area (Å²) in [6.45, 7) is 2.36. The van der Waals surface area contributed by atoms with Crippen molar-refractivity contribution in [1.82, 2.24) is 8.97 Å². The summed E-state index contributed by atoms with van der Waals surface area (Å²) in [5.74, 6) is 1.43. The lowest BCUT2D eigenvalue weighted by molar-refractivity contribution is 0.573. The van der Waals surface area contributed by atoms with Crippen molar-refractivity contribution in [2.24, 2.45) is 10.9 Å². The van der Waals surface area contributed by atoms with Crippen molar-refractivity contribution in [2.45, 2.75) is 19.3 Å². The van der Waals surface area contributed by atoms with Gasteiger partial charge in [0.05, 0.1) is 33.3 Å². The molecule has 0 amide bonds. The van der Waals surface area contributed by atoms with Gasteiger partial charge in [-0.05, 0) is 63.9 Å². The Hall–Kier alpha value is -6.49. The van der Waals surface area contributed by atoms with E-state index in [4.69, 9.17) is 4.99 Å². The Balaban J connectivity index is 1.24. The first-order valence-corrected chi connectivity index (χ1v) is 20.2. The van der Waals surface area contributed by atoms with Crippen LogP contribution in [-0.2, 0) is 0 Å². The van der Waals surface area contributed by atoms with Crippen LogP contribution in [-0.4, -0.2) is 14.8 Å². The third kappa shape index (κ3) is 3.82. The highest BCUT2D eigenvalue weighted by Gasteiger charge is 2.38. The van der Waals surface area contributed by atoms with E-state index in [9.17, 15) is 0 Å². The average Bonchev–Trinajstić information content (AvgIpc) is 3.98. The molecule has 13 rings (SSSR count). The van der Waals surface area contributed by atoms with Crippen molar-refractivity contribution in [3.8, 4) is 0 Å². The van der Waals surface area contributed by atoms with E-state index in [0.29, 0.717) is 0 Å². The zero-order valence-electron chi connectivity index (χ0n) is 30.1. The lowest BCUT2D eigenvalue weighted by Crippen LogP contribution is -2.30. The standard InChI is InChI=1S/C51H33N3S/c1-2-33-44(32-24-23-29-13-3-4-15-31(29)27-32)50-47(37-19-9-12-22-43(37)55-50)52-51(33)54-41-21-11-8-18-36(41)39-28-38-35-17-7-10-20-40(35)53-42-26-25-30-14-5-6-16-34(30)45(42)46(48(38)53)49(39)54/h3-28,33,44H,2H2,1H3. The van der Waals surface area contributed by atoms with Crippen LogP contribution >= 0.6 is 11.3 Å². The average molecular weight is 720 g/mol. The van der Waals surface area contributed by atoms with E-state index in [2.05, 4.69) is 174 Å². The monoisotopic (exact) mass is 719 g/mol. The summed E-state index contributed by atoms with van der Waals surface area (Å²) in [6, 6.07) is 58.8. The van der Waals surface area contributed by atoms with Crippen LogP contribution in [0.3, 0.4) is 0 Å². The number of benzene rings is 8. The molecule has 0 N–H and O–H groups in total. The quantitative estimate of drug-likeness (QED) is 0.170. The van der Waals surface area contributed by atoms with Gasteiger partial charge in [-0.3, -0.25) is 4.57 Å². The molecule has 1 aliphatic rings. The van der Waals surface area contributed by atoms with Crippen LogP contribution in [0, 0.1) is 5.92 Å². The summed E-state index contributed by atoms with van der Waals surface area (Å²) in [5.41, 5.74) is 8.75. The van der Waals surface area contributed by atoms with E-state index in [1.165, 1.54) is 102 Å². The molecular formula is C51H33N3S. The van der Waals surface area contributed by atoms with Crippen LogP contribution in [0.5, 0.6) is 0 Å². The smallest absolute Gasteiger partial charge is 0.118 e. The number of nitrogens with zero attached hydrogens (tertiary/aromatic N) is 3. The molecule has 4 heteroatoms. The first-order chi connectivity index (χ1) is 27.3. The van der Waals surface area contributed by atoms with Gasteiger partial charge < -0.3 is 4.40 Å². The third-order valence-corrected chi connectivity index (χ3v) is 13.9. The van der Waals surface area contributed by atoms with Crippen LogP contribution in [0.2, 0.25) is 0 Å². The number of fused-ring (bicyclic) bond motifs is 16. The van der Waals surface area contributed by atoms with Gasteiger partial charge in [-0.1, -0.05) is 134 Å². The summed E-state index contributed by atoms with van der Waals surface area (Å²) in [7, 11) is 0. The minimum atomic E-state index is 0.142. The number of aliphatic imine (C=N–C) groups is 1. The molecule has 0 fully saturated rings. The number of aromatic nitrogens is 2. The molecule has 0 aliphatic carbocycles. The minimum Gasteiger partial charge on any atom is -0.308 e.